The zero-order chi connectivity index (χ0) is 26.3. The van der Waals surface area contributed by atoms with Crippen LogP contribution in [0, 0.1) is 0 Å². The van der Waals surface area contributed by atoms with Gasteiger partial charge in [-0.05, 0) is 49.6 Å². The summed E-state index contributed by atoms with van der Waals surface area (Å²) in [6.45, 7) is 1.43. The van der Waals surface area contributed by atoms with Crippen molar-refractivity contribution in [3.8, 4) is 0 Å². The summed E-state index contributed by atoms with van der Waals surface area (Å²) in [6, 6.07) is 15.3. The Balaban J connectivity index is 1.89. The standard InChI is InChI=1S/C26H35BrN4O4S/c1-20(26(33)28-23-13-6-4-7-14-23)30(18-21-11-10-12-22(27)17-21)25(32)19-31(36(34,35)29(2)3)24-15-8-5-9-16-24/h5,8-12,15-17,20,23H,4,6-7,13-14,18-19H2,1-3H3,(H,28,33)/t20-/m0/s1. The Kier molecular flexibility index (Phi) is 9.92. The van der Waals surface area contributed by atoms with Crippen LogP contribution < -0.4 is 9.62 Å². The van der Waals surface area contributed by atoms with Crippen molar-refractivity contribution in [1.29, 1.82) is 0 Å². The molecule has 1 N–H and O–H groups in total. The summed E-state index contributed by atoms with van der Waals surface area (Å²) < 4.78 is 29.3. The molecule has 0 bridgehead atoms. The van der Waals surface area contributed by atoms with E-state index in [1.807, 2.05) is 24.3 Å². The molecule has 10 heteroatoms. The number of para-hydroxylation sites is 1. The molecule has 8 nitrogen and oxygen atoms in total. The molecule has 0 heterocycles. The summed E-state index contributed by atoms with van der Waals surface area (Å²) in [5.41, 5.74) is 1.21. The molecule has 0 unspecified atom stereocenters. The molecule has 1 saturated carbocycles. The highest BCUT2D eigenvalue weighted by Gasteiger charge is 2.33. The van der Waals surface area contributed by atoms with Crippen LogP contribution in [0.3, 0.4) is 0 Å². The van der Waals surface area contributed by atoms with E-state index in [0.29, 0.717) is 5.69 Å². The van der Waals surface area contributed by atoms with Crippen molar-refractivity contribution < 1.29 is 18.0 Å². The van der Waals surface area contributed by atoms with E-state index in [-0.39, 0.29) is 18.5 Å². The molecule has 0 radical (unpaired) electrons. The second kappa shape index (κ2) is 12.7. The highest BCUT2D eigenvalue weighted by molar-refractivity contribution is 9.10. The molecule has 1 atom stereocenters. The van der Waals surface area contributed by atoms with Crippen LogP contribution in [0.5, 0.6) is 0 Å². The molecule has 2 amide bonds. The maximum atomic E-state index is 13.7. The Bertz CT molecular complexity index is 1140. The third kappa shape index (κ3) is 7.30. The lowest BCUT2D eigenvalue weighted by atomic mass is 9.95. The molecule has 0 aliphatic heterocycles. The average Bonchev–Trinajstić information content (AvgIpc) is 2.86. The maximum absolute atomic E-state index is 13.7. The van der Waals surface area contributed by atoms with Gasteiger partial charge in [0.25, 0.3) is 0 Å². The van der Waals surface area contributed by atoms with Gasteiger partial charge in [0, 0.05) is 31.2 Å². The topological polar surface area (TPSA) is 90.0 Å². The van der Waals surface area contributed by atoms with E-state index < -0.39 is 28.7 Å². The average molecular weight is 580 g/mol. The minimum atomic E-state index is -3.96. The van der Waals surface area contributed by atoms with Crippen molar-refractivity contribution in [2.24, 2.45) is 0 Å². The smallest absolute Gasteiger partial charge is 0.304 e. The van der Waals surface area contributed by atoms with Crippen molar-refractivity contribution in [2.75, 3.05) is 24.9 Å². The van der Waals surface area contributed by atoms with E-state index in [1.54, 1.807) is 37.3 Å². The lowest BCUT2D eigenvalue weighted by molar-refractivity contribution is -0.139. The zero-order valence-electron chi connectivity index (χ0n) is 21.1. The Labute approximate surface area is 223 Å². The van der Waals surface area contributed by atoms with E-state index in [2.05, 4.69) is 21.2 Å². The van der Waals surface area contributed by atoms with Crippen LogP contribution in [0.25, 0.3) is 0 Å². The van der Waals surface area contributed by atoms with Crippen LogP contribution >= 0.6 is 15.9 Å². The molecule has 1 fully saturated rings. The Morgan fingerprint density at radius 1 is 1.03 bits per heavy atom. The highest BCUT2D eigenvalue weighted by Crippen LogP contribution is 2.22. The molecule has 1 aliphatic carbocycles. The summed E-state index contributed by atoms with van der Waals surface area (Å²) in [6.07, 6.45) is 5.19. The van der Waals surface area contributed by atoms with Crippen molar-refractivity contribution in [3.05, 3.63) is 64.6 Å². The summed E-state index contributed by atoms with van der Waals surface area (Å²) in [4.78, 5) is 28.4. The molecular formula is C26H35BrN4O4S. The summed E-state index contributed by atoms with van der Waals surface area (Å²) in [5.74, 6) is -0.692. The van der Waals surface area contributed by atoms with E-state index in [4.69, 9.17) is 0 Å². The van der Waals surface area contributed by atoms with Crippen LogP contribution in [0.1, 0.15) is 44.6 Å². The lowest BCUT2D eigenvalue weighted by Gasteiger charge is -2.34. The minimum Gasteiger partial charge on any atom is -0.352 e. The predicted molar refractivity (Wildman–Crippen MR) is 146 cm³/mol. The third-order valence-corrected chi connectivity index (χ3v) is 8.74. The molecule has 0 aromatic heterocycles. The lowest BCUT2D eigenvalue weighted by Crippen LogP contribution is -2.53. The number of hydrogen-bond acceptors (Lipinski definition) is 4. The molecule has 196 valence electrons. The van der Waals surface area contributed by atoms with Gasteiger partial charge < -0.3 is 10.2 Å². The number of rotatable bonds is 10. The highest BCUT2D eigenvalue weighted by atomic mass is 79.9. The van der Waals surface area contributed by atoms with Gasteiger partial charge in [-0.15, -0.1) is 0 Å². The van der Waals surface area contributed by atoms with Gasteiger partial charge in [0.2, 0.25) is 11.8 Å². The maximum Gasteiger partial charge on any atom is 0.304 e. The Morgan fingerprint density at radius 2 is 1.69 bits per heavy atom. The second-order valence-electron chi connectivity index (χ2n) is 9.30. The molecule has 2 aromatic carbocycles. The summed E-state index contributed by atoms with van der Waals surface area (Å²) in [5, 5.41) is 3.10. The molecule has 0 saturated heterocycles. The number of nitrogens with zero attached hydrogens (tertiary/aromatic N) is 3. The number of nitrogens with one attached hydrogen (secondary N) is 1. The monoisotopic (exact) mass is 578 g/mol. The fourth-order valence-corrected chi connectivity index (χ4v) is 5.80. The Hall–Kier alpha value is -2.43. The first-order chi connectivity index (χ1) is 17.1. The van der Waals surface area contributed by atoms with Gasteiger partial charge in [0.05, 0.1) is 5.69 Å². The normalized spacial score (nSPS) is 15.4. The number of carbonyl (C=O) groups is 2. The molecule has 1 aliphatic rings. The predicted octanol–water partition coefficient (Wildman–Crippen LogP) is 3.93. The molecule has 2 aromatic rings. The quantitative estimate of drug-likeness (QED) is 0.462. The molecule has 36 heavy (non-hydrogen) atoms. The van der Waals surface area contributed by atoms with Crippen molar-refractivity contribution >= 4 is 43.6 Å². The summed E-state index contributed by atoms with van der Waals surface area (Å²) in [7, 11) is -1.11. The number of anilines is 1. The van der Waals surface area contributed by atoms with Gasteiger partial charge in [-0.25, -0.2) is 4.31 Å². The van der Waals surface area contributed by atoms with Gasteiger partial charge in [0.1, 0.15) is 12.6 Å². The number of carbonyl (C=O) groups excluding carboxylic acids is 2. The van der Waals surface area contributed by atoms with Gasteiger partial charge >= 0.3 is 10.2 Å². The van der Waals surface area contributed by atoms with Crippen molar-refractivity contribution in [3.63, 3.8) is 0 Å². The first kappa shape index (κ1) is 28.1. The minimum absolute atomic E-state index is 0.103. The summed E-state index contributed by atoms with van der Waals surface area (Å²) >= 11 is 3.46. The second-order valence-corrected chi connectivity index (χ2v) is 12.3. The van der Waals surface area contributed by atoms with Gasteiger partial charge in [-0.1, -0.05) is 65.5 Å². The van der Waals surface area contributed by atoms with Crippen LogP contribution in [0.4, 0.5) is 5.69 Å². The fourth-order valence-electron chi connectivity index (χ4n) is 4.29. The molecule has 0 spiro atoms. The van der Waals surface area contributed by atoms with Gasteiger partial charge in [0.15, 0.2) is 0 Å². The van der Waals surface area contributed by atoms with E-state index >= 15 is 0 Å². The number of benzene rings is 2. The van der Waals surface area contributed by atoms with Crippen LogP contribution in [0.15, 0.2) is 59.1 Å². The van der Waals surface area contributed by atoms with Gasteiger partial charge in [-0.3, -0.25) is 9.59 Å². The SMILES string of the molecule is C[C@@H](C(=O)NC1CCCCC1)N(Cc1cccc(Br)c1)C(=O)CN(c1ccccc1)S(=O)(=O)N(C)C. The molecular weight excluding hydrogens is 544 g/mol. The Morgan fingerprint density at radius 3 is 2.31 bits per heavy atom. The van der Waals surface area contributed by atoms with E-state index in [9.17, 15) is 18.0 Å². The van der Waals surface area contributed by atoms with Crippen molar-refractivity contribution in [2.45, 2.75) is 57.7 Å². The van der Waals surface area contributed by atoms with Crippen molar-refractivity contribution in [1.82, 2.24) is 14.5 Å². The zero-order valence-corrected chi connectivity index (χ0v) is 23.5. The van der Waals surface area contributed by atoms with Crippen LogP contribution in [-0.4, -0.2) is 62.2 Å². The number of amides is 2. The number of hydrogen-bond donors (Lipinski definition) is 1. The van der Waals surface area contributed by atoms with E-state index in [0.717, 1.165) is 44.3 Å². The number of halogens is 1. The first-order valence-electron chi connectivity index (χ1n) is 12.2. The third-order valence-electron chi connectivity index (χ3n) is 6.42. The largest absolute Gasteiger partial charge is 0.352 e. The first-order valence-corrected chi connectivity index (χ1v) is 14.4. The van der Waals surface area contributed by atoms with Gasteiger partial charge in [-0.2, -0.15) is 12.7 Å². The van der Waals surface area contributed by atoms with E-state index in [1.165, 1.54) is 25.4 Å². The van der Waals surface area contributed by atoms with Crippen LogP contribution in [0.2, 0.25) is 0 Å². The van der Waals surface area contributed by atoms with Crippen LogP contribution in [-0.2, 0) is 26.3 Å². The fraction of sp³-hybridized carbons (Fsp3) is 0.462. The molecule has 3 rings (SSSR count).